The molecule has 1 aromatic rings. The molecule has 0 saturated heterocycles. The highest BCUT2D eigenvalue weighted by molar-refractivity contribution is 5.82. The minimum Gasteiger partial charge on any atom is -0.468 e. The fraction of sp³-hybridized carbons (Fsp3) is 0.500. The summed E-state index contributed by atoms with van der Waals surface area (Å²) in [7, 11) is 1.16. The van der Waals surface area contributed by atoms with Crippen LogP contribution < -0.4 is 0 Å². The molecule has 1 aromatic heterocycles. The Labute approximate surface area is 97.6 Å². The number of hydrogen-bond donors (Lipinski definition) is 0. The van der Waals surface area contributed by atoms with Gasteiger partial charge in [-0.2, -0.15) is 15.5 Å². The highest BCUT2D eigenvalue weighted by Crippen LogP contribution is 2.32. The fourth-order valence-electron chi connectivity index (χ4n) is 1.34. The largest absolute Gasteiger partial charge is 0.468 e. The number of methoxy groups -OCH3 is 1. The zero-order valence-corrected chi connectivity index (χ0v) is 9.59. The van der Waals surface area contributed by atoms with E-state index in [0.29, 0.717) is 5.82 Å². The van der Waals surface area contributed by atoms with E-state index in [9.17, 15) is 4.79 Å². The van der Waals surface area contributed by atoms with Crippen LogP contribution in [0.5, 0.6) is 0 Å². The van der Waals surface area contributed by atoms with Gasteiger partial charge in [0, 0.05) is 0 Å². The first-order valence-electron chi connectivity index (χ1n) is 4.69. The number of aryl methyl sites for hydroxylation is 1. The van der Waals surface area contributed by atoms with Crippen LogP contribution in [0.1, 0.15) is 18.6 Å². The van der Waals surface area contributed by atoms with Crippen molar-refractivity contribution in [3.8, 4) is 12.1 Å². The summed E-state index contributed by atoms with van der Waals surface area (Å²) in [6.07, 6.45) is 0. The molecule has 88 valence electrons. The highest BCUT2D eigenvalue weighted by Gasteiger charge is 2.50. The Hall–Kier alpha value is -2.41. The Morgan fingerprint density at radius 3 is 2.47 bits per heavy atom. The van der Waals surface area contributed by atoms with Gasteiger partial charge in [-0.1, -0.05) is 5.16 Å². The molecule has 7 heteroatoms. The molecule has 1 atom stereocenters. The SMILES string of the molecule is COC(=O)[C@@](C)(c1nc(C)no1)C(C#N)C#N. The van der Waals surface area contributed by atoms with Gasteiger partial charge in [0.15, 0.2) is 17.2 Å². The third-order valence-electron chi connectivity index (χ3n) is 2.42. The number of aromatic nitrogens is 2. The molecule has 1 heterocycles. The van der Waals surface area contributed by atoms with Crippen LogP contribution in [0.3, 0.4) is 0 Å². The highest BCUT2D eigenvalue weighted by atomic mass is 16.5. The Bertz CT molecular complexity index is 496. The molecule has 0 aliphatic heterocycles. The molecule has 0 N–H and O–H groups in total. The van der Waals surface area contributed by atoms with Crippen LogP contribution in [0, 0.1) is 35.5 Å². The Morgan fingerprint density at radius 1 is 1.53 bits per heavy atom. The summed E-state index contributed by atoms with van der Waals surface area (Å²) in [5.74, 6) is -1.83. The van der Waals surface area contributed by atoms with E-state index in [1.165, 1.54) is 6.92 Å². The number of rotatable bonds is 3. The Morgan fingerprint density at radius 2 is 2.12 bits per heavy atom. The molecule has 0 bridgehead atoms. The zero-order valence-electron chi connectivity index (χ0n) is 9.59. The number of carbonyl (C=O) groups excluding carboxylic acids is 1. The van der Waals surface area contributed by atoms with E-state index < -0.39 is 17.3 Å². The first-order valence-corrected chi connectivity index (χ1v) is 4.69. The molecule has 0 unspecified atom stereocenters. The lowest BCUT2D eigenvalue weighted by atomic mass is 9.78. The van der Waals surface area contributed by atoms with E-state index in [0.717, 1.165) is 7.11 Å². The summed E-state index contributed by atoms with van der Waals surface area (Å²) < 4.78 is 9.47. The van der Waals surface area contributed by atoms with E-state index >= 15 is 0 Å². The van der Waals surface area contributed by atoms with Crippen LogP contribution >= 0.6 is 0 Å². The van der Waals surface area contributed by atoms with Crippen molar-refractivity contribution in [2.24, 2.45) is 5.92 Å². The molecule has 0 fully saturated rings. The summed E-state index contributed by atoms with van der Waals surface area (Å²) in [5, 5.41) is 21.3. The molecule has 0 radical (unpaired) electrons. The zero-order chi connectivity index (χ0) is 13.1. The minimum absolute atomic E-state index is 0.102. The van der Waals surface area contributed by atoms with E-state index in [-0.39, 0.29) is 5.89 Å². The second kappa shape index (κ2) is 4.62. The van der Waals surface area contributed by atoms with Crippen molar-refractivity contribution >= 4 is 5.97 Å². The maximum Gasteiger partial charge on any atom is 0.323 e. The second-order valence-corrected chi connectivity index (χ2v) is 3.53. The number of carbonyl (C=O) groups is 1. The van der Waals surface area contributed by atoms with Gasteiger partial charge < -0.3 is 9.26 Å². The van der Waals surface area contributed by atoms with Crippen LogP contribution in [-0.4, -0.2) is 23.2 Å². The quantitative estimate of drug-likeness (QED) is 0.698. The molecule has 0 aliphatic carbocycles. The van der Waals surface area contributed by atoms with Crippen molar-refractivity contribution in [2.75, 3.05) is 7.11 Å². The maximum atomic E-state index is 11.8. The molecule has 1 rings (SSSR count). The lowest BCUT2D eigenvalue weighted by molar-refractivity contribution is -0.148. The van der Waals surface area contributed by atoms with Gasteiger partial charge in [0.2, 0.25) is 5.89 Å². The van der Waals surface area contributed by atoms with Crippen molar-refractivity contribution in [3.05, 3.63) is 11.7 Å². The van der Waals surface area contributed by atoms with Crippen molar-refractivity contribution in [1.82, 2.24) is 10.1 Å². The fourth-order valence-corrected chi connectivity index (χ4v) is 1.34. The second-order valence-electron chi connectivity index (χ2n) is 3.53. The van der Waals surface area contributed by atoms with Crippen molar-refractivity contribution in [2.45, 2.75) is 19.3 Å². The average molecular weight is 234 g/mol. The lowest BCUT2D eigenvalue weighted by Crippen LogP contribution is -2.40. The van der Waals surface area contributed by atoms with Gasteiger partial charge in [0.05, 0.1) is 19.2 Å². The van der Waals surface area contributed by atoms with Crippen LogP contribution in [0.25, 0.3) is 0 Å². The smallest absolute Gasteiger partial charge is 0.323 e. The average Bonchev–Trinajstić information content (AvgIpc) is 2.76. The number of nitrogens with zero attached hydrogens (tertiary/aromatic N) is 4. The number of hydrogen-bond acceptors (Lipinski definition) is 7. The summed E-state index contributed by atoms with van der Waals surface area (Å²) in [5.41, 5.74) is -1.58. The molecule has 0 amide bonds. The summed E-state index contributed by atoms with van der Waals surface area (Å²) in [6, 6.07) is 3.45. The van der Waals surface area contributed by atoms with Crippen LogP contribution in [0.4, 0.5) is 0 Å². The van der Waals surface area contributed by atoms with Gasteiger partial charge >= 0.3 is 5.97 Å². The number of ether oxygens (including phenoxy) is 1. The summed E-state index contributed by atoms with van der Waals surface area (Å²) in [4.78, 5) is 15.6. The maximum absolute atomic E-state index is 11.8. The normalized spacial score (nSPS) is 13.5. The number of nitriles is 2. The molecular weight excluding hydrogens is 224 g/mol. The van der Waals surface area contributed by atoms with Crippen molar-refractivity contribution in [1.29, 1.82) is 10.5 Å². The van der Waals surface area contributed by atoms with Crippen molar-refractivity contribution < 1.29 is 14.1 Å². The summed E-state index contributed by atoms with van der Waals surface area (Å²) in [6.45, 7) is 2.93. The lowest BCUT2D eigenvalue weighted by Gasteiger charge is -2.22. The Kier molecular flexibility index (Phi) is 3.44. The van der Waals surface area contributed by atoms with E-state index in [1.54, 1.807) is 19.1 Å². The van der Waals surface area contributed by atoms with Gasteiger partial charge in [-0.05, 0) is 13.8 Å². The predicted molar refractivity (Wildman–Crippen MR) is 53.1 cm³/mol. The monoisotopic (exact) mass is 234 g/mol. The van der Waals surface area contributed by atoms with E-state index in [2.05, 4.69) is 14.9 Å². The minimum atomic E-state index is -1.58. The Balaban J connectivity index is 3.36. The molecule has 0 aliphatic rings. The van der Waals surface area contributed by atoms with E-state index in [4.69, 9.17) is 15.0 Å². The van der Waals surface area contributed by atoms with Crippen LogP contribution in [-0.2, 0) is 14.9 Å². The molecular formula is C10H10N4O3. The summed E-state index contributed by atoms with van der Waals surface area (Å²) >= 11 is 0. The predicted octanol–water partition coefficient (Wildman–Crippen LogP) is 0.472. The molecule has 17 heavy (non-hydrogen) atoms. The van der Waals surface area contributed by atoms with Gasteiger partial charge in [0.25, 0.3) is 0 Å². The first kappa shape index (κ1) is 12.7. The topological polar surface area (TPSA) is 113 Å². The van der Waals surface area contributed by atoms with Gasteiger partial charge in [-0.25, -0.2) is 0 Å². The van der Waals surface area contributed by atoms with Crippen LogP contribution in [0.2, 0.25) is 0 Å². The third-order valence-corrected chi connectivity index (χ3v) is 2.42. The molecule has 7 nitrogen and oxygen atoms in total. The van der Waals surface area contributed by atoms with Crippen molar-refractivity contribution in [3.63, 3.8) is 0 Å². The van der Waals surface area contributed by atoms with Gasteiger partial charge in [0.1, 0.15) is 0 Å². The first-order chi connectivity index (χ1) is 8.00. The van der Waals surface area contributed by atoms with E-state index in [1.807, 2.05) is 0 Å². The van der Waals surface area contributed by atoms with Crippen LogP contribution in [0.15, 0.2) is 4.52 Å². The third kappa shape index (κ3) is 1.95. The van der Waals surface area contributed by atoms with Gasteiger partial charge in [-0.15, -0.1) is 0 Å². The van der Waals surface area contributed by atoms with Gasteiger partial charge in [-0.3, -0.25) is 4.79 Å². The molecule has 0 aromatic carbocycles. The molecule has 0 spiro atoms. The molecule has 0 saturated carbocycles. The number of esters is 1. The standard InChI is InChI=1S/C10H10N4O3/c1-6-13-8(17-14-6)10(2,9(15)16-3)7(4-11)5-12/h7H,1-3H3/t10-/m1/s1.